The number of nitrogens with zero attached hydrogens (tertiary/aromatic N) is 3. The van der Waals surface area contributed by atoms with Crippen molar-refractivity contribution in [1.82, 2.24) is 9.78 Å². The van der Waals surface area contributed by atoms with Crippen LogP contribution in [0.2, 0.25) is 0 Å². The lowest BCUT2D eigenvalue weighted by atomic mass is 10.2. The van der Waals surface area contributed by atoms with E-state index in [1.165, 1.54) is 4.68 Å². The second-order valence-corrected chi connectivity index (χ2v) is 7.83. The number of hydrogen-bond acceptors (Lipinski definition) is 4. The fraction of sp³-hybridized carbons (Fsp3) is 0.429. The summed E-state index contributed by atoms with van der Waals surface area (Å²) in [7, 11) is 0. The Labute approximate surface area is 159 Å². The van der Waals surface area contributed by atoms with Crippen LogP contribution in [0, 0.1) is 5.41 Å². The Morgan fingerprint density at radius 1 is 1.33 bits per heavy atom. The fourth-order valence-corrected chi connectivity index (χ4v) is 3.35. The van der Waals surface area contributed by atoms with Crippen LogP contribution in [0.3, 0.4) is 0 Å². The monoisotopic (exact) mass is 367 g/mol. The molecule has 0 unspecified atom stereocenters. The highest BCUT2D eigenvalue weighted by atomic mass is 16.5. The molecule has 1 aromatic heterocycles. The molecule has 1 aliphatic heterocycles. The van der Waals surface area contributed by atoms with Crippen molar-refractivity contribution >= 4 is 11.8 Å². The fourth-order valence-electron chi connectivity index (χ4n) is 3.35. The Kier molecular flexibility index (Phi) is 4.74. The van der Waals surface area contributed by atoms with E-state index in [-0.39, 0.29) is 11.0 Å². The number of anilines is 1. The SMILES string of the molecule is C=Cc1cccc(-n2ncc(N3CC[NH2+]CC3)c(OCC3(C)CC3)c2=O)c1. The zero-order chi connectivity index (χ0) is 18.9. The van der Waals surface area contributed by atoms with Gasteiger partial charge < -0.3 is 15.0 Å². The van der Waals surface area contributed by atoms with E-state index < -0.39 is 0 Å². The first-order valence-corrected chi connectivity index (χ1v) is 9.64. The molecule has 2 aromatic rings. The Balaban J connectivity index is 1.74. The average molecular weight is 367 g/mol. The zero-order valence-electron chi connectivity index (χ0n) is 15.9. The van der Waals surface area contributed by atoms with E-state index in [1.807, 2.05) is 24.3 Å². The minimum atomic E-state index is -0.201. The number of benzene rings is 1. The van der Waals surface area contributed by atoms with Gasteiger partial charge in [0.15, 0.2) is 0 Å². The Bertz CT molecular complexity index is 895. The molecule has 2 heterocycles. The molecule has 2 aliphatic rings. The summed E-state index contributed by atoms with van der Waals surface area (Å²) in [5, 5.41) is 6.75. The molecule has 27 heavy (non-hydrogen) atoms. The van der Waals surface area contributed by atoms with Gasteiger partial charge in [-0.3, -0.25) is 4.79 Å². The molecular weight excluding hydrogens is 340 g/mol. The van der Waals surface area contributed by atoms with Crippen molar-refractivity contribution in [2.24, 2.45) is 5.41 Å². The van der Waals surface area contributed by atoms with Gasteiger partial charge in [0.25, 0.3) is 0 Å². The van der Waals surface area contributed by atoms with Crippen LogP contribution in [0.5, 0.6) is 5.75 Å². The first-order chi connectivity index (χ1) is 13.1. The molecule has 2 N–H and O–H groups in total. The molecule has 142 valence electrons. The number of quaternary nitrogens is 1. The molecule has 6 nitrogen and oxygen atoms in total. The van der Waals surface area contributed by atoms with Crippen molar-refractivity contribution in [2.75, 3.05) is 37.7 Å². The zero-order valence-corrected chi connectivity index (χ0v) is 15.9. The Morgan fingerprint density at radius 3 is 2.81 bits per heavy atom. The lowest BCUT2D eigenvalue weighted by Gasteiger charge is -2.28. The molecule has 0 amide bonds. The molecule has 1 saturated heterocycles. The summed E-state index contributed by atoms with van der Waals surface area (Å²) in [6, 6.07) is 7.64. The molecule has 1 aromatic carbocycles. The first kappa shape index (κ1) is 17.8. The predicted octanol–water partition coefficient (Wildman–Crippen LogP) is 1.44. The minimum absolute atomic E-state index is 0.201. The first-order valence-electron chi connectivity index (χ1n) is 9.64. The summed E-state index contributed by atoms with van der Waals surface area (Å²) < 4.78 is 7.55. The predicted molar refractivity (Wildman–Crippen MR) is 107 cm³/mol. The molecule has 2 fully saturated rings. The highest BCUT2D eigenvalue weighted by Gasteiger charge is 2.38. The van der Waals surface area contributed by atoms with Gasteiger partial charge in [-0.05, 0) is 30.5 Å². The summed E-state index contributed by atoms with van der Waals surface area (Å²) in [6.45, 7) is 10.4. The molecule has 0 spiro atoms. The van der Waals surface area contributed by atoms with Gasteiger partial charge in [-0.15, -0.1) is 0 Å². The number of aromatic nitrogens is 2. The van der Waals surface area contributed by atoms with Crippen molar-refractivity contribution < 1.29 is 10.1 Å². The van der Waals surface area contributed by atoms with Gasteiger partial charge in [0.05, 0.1) is 44.7 Å². The summed E-state index contributed by atoms with van der Waals surface area (Å²) in [5.74, 6) is 0.420. The quantitative estimate of drug-likeness (QED) is 0.839. The summed E-state index contributed by atoms with van der Waals surface area (Å²) in [5.41, 5.74) is 2.49. The highest BCUT2D eigenvalue weighted by molar-refractivity contribution is 5.57. The van der Waals surface area contributed by atoms with Gasteiger partial charge in [0.1, 0.15) is 5.69 Å². The average Bonchev–Trinajstić information content (AvgIpc) is 3.45. The lowest BCUT2D eigenvalue weighted by Crippen LogP contribution is -2.89. The van der Waals surface area contributed by atoms with Crippen molar-refractivity contribution in [3.8, 4) is 11.4 Å². The molecule has 6 heteroatoms. The highest BCUT2D eigenvalue weighted by Crippen LogP contribution is 2.45. The second kappa shape index (κ2) is 7.19. The summed E-state index contributed by atoms with van der Waals surface area (Å²) in [6.07, 6.45) is 5.85. The minimum Gasteiger partial charge on any atom is -0.486 e. The van der Waals surface area contributed by atoms with Crippen LogP contribution >= 0.6 is 0 Å². The smallest absolute Gasteiger partial charge is 0.316 e. The molecule has 4 rings (SSSR count). The normalized spacial score (nSPS) is 18.2. The second-order valence-electron chi connectivity index (χ2n) is 7.83. The summed E-state index contributed by atoms with van der Waals surface area (Å²) in [4.78, 5) is 15.5. The topological polar surface area (TPSA) is 64.0 Å². The van der Waals surface area contributed by atoms with E-state index in [9.17, 15) is 4.79 Å². The van der Waals surface area contributed by atoms with Gasteiger partial charge in [-0.1, -0.05) is 31.7 Å². The summed E-state index contributed by atoms with van der Waals surface area (Å²) >= 11 is 0. The number of piperazine rings is 1. The number of rotatable bonds is 6. The molecular formula is C21H27N4O2+. The maximum absolute atomic E-state index is 13.3. The van der Waals surface area contributed by atoms with Gasteiger partial charge in [-0.2, -0.15) is 9.78 Å². The van der Waals surface area contributed by atoms with Crippen molar-refractivity contribution in [1.29, 1.82) is 0 Å². The van der Waals surface area contributed by atoms with Crippen LogP contribution in [0.1, 0.15) is 25.3 Å². The van der Waals surface area contributed by atoms with Crippen molar-refractivity contribution in [3.63, 3.8) is 0 Å². The molecule has 1 aliphatic carbocycles. The molecule has 0 radical (unpaired) electrons. The number of ether oxygens (including phenoxy) is 1. The third-order valence-corrected chi connectivity index (χ3v) is 5.48. The van der Waals surface area contributed by atoms with E-state index in [4.69, 9.17) is 4.74 Å². The van der Waals surface area contributed by atoms with Gasteiger partial charge in [0.2, 0.25) is 5.75 Å². The van der Waals surface area contributed by atoms with E-state index in [1.54, 1.807) is 12.3 Å². The van der Waals surface area contributed by atoms with Gasteiger partial charge in [-0.25, -0.2) is 0 Å². The van der Waals surface area contributed by atoms with Crippen LogP contribution in [-0.2, 0) is 0 Å². The van der Waals surface area contributed by atoms with Crippen molar-refractivity contribution in [2.45, 2.75) is 19.8 Å². The molecule has 0 atom stereocenters. The van der Waals surface area contributed by atoms with Crippen LogP contribution in [0.25, 0.3) is 11.8 Å². The van der Waals surface area contributed by atoms with Gasteiger partial charge in [0, 0.05) is 5.41 Å². The van der Waals surface area contributed by atoms with Crippen molar-refractivity contribution in [3.05, 3.63) is 53.0 Å². The third kappa shape index (κ3) is 3.76. The largest absolute Gasteiger partial charge is 0.486 e. The van der Waals surface area contributed by atoms with Crippen LogP contribution < -0.4 is 20.5 Å². The van der Waals surface area contributed by atoms with E-state index in [0.717, 1.165) is 56.0 Å². The van der Waals surface area contributed by atoms with E-state index in [2.05, 4.69) is 28.8 Å². The van der Waals surface area contributed by atoms with Crippen LogP contribution in [0.15, 0.2) is 41.8 Å². The van der Waals surface area contributed by atoms with Crippen LogP contribution in [0.4, 0.5) is 5.69 Å². The maximum atomic E-state index is 13.3. The Hall–Kier alpha value is -2.60. The van der Waals surface area contributed by atoms with Crippen LogP contribution in [-0.4, -0.2) is 42.6 Å². The molecule has 0 bridgehead atoms. The number of nitrogens with two attached hydrogens (primary N) is 1. The lowest BCUT2D eigenvalue weighted by molar-refractivity contribution is -0.655. The van der Waals surface area contributed by atoms with E-state index in [0.29, 0.717) is 12.4 Å². The standard InChI is InChI=1S/C21H26N4O2/c1-3-16-5-4-6-17(13-16)25-20(26)19(27-15-21(2)7-8-21)18(14-23-25)24-11-9-22-10-12-24/h3-6,13-14,22H,1,7-12,15H2,2H3/p+1. The van der Waals surface area contributed by atoms with E-state index >= 15 is 0 Å². The molecule has 1 saturated carbocycles. The third-order valence-electron chi connectivity index (χ3n) is 5.48. The number of hydrogen-bond donors (Lipinski definition) is 1. The van der Waals surface area contributed by atoms with Gasteiger partial charge >= 0.3 is 5.56 Å². The Morgan fingerprint density at radius 2 is 2.11 bits per heavy atom. The maximum Gasteiger partial charge on any atom is 0.316 e.